The van der Waals surface area contributed by atoms with Crippen LogP contribution in [-0.4, -0.2) is 19.6 Å². The molecular weight excluding hydrogens is 274 g/mol. The minimum atomic E-state index is -1.09. The van der Waals surface area contributed by atoms with E-state index < -0.39 is 5.60 Å². The summed E-state index contributed by atoms with van der Waals surface area (Å²) in [6.07, 6.45) is 1.67. The Morgan fingerprint density at radius 3 is 2.64 bits per heavy atom. The van der Waals surface area contributed by atoms with Crippen molar-refractivity contribution in [1.29, 1.82) is 0 Å². The molecule has 112 valence electrons. The highest BCUT2D eigenvalue weighted by Gasteiger charge is 2.52. The molecule has 0 bridgehead atoms. The van der Waals surface area contributed by atoms with Gasteiger partial charge in [0.05, 0.1) is 12.3 Å². The summed E-state index contributed by atoms with van der Waals surface area (Å²) >= 11 is 0. The first-order valence-corrected chi connectivity index (χ1v) is 7.31. The van der Waals surface area contributed by atoms with Crippen LogP contribution in [0.15, 0.2) is 61.2 Å². The summed E-state index contributed by atoms with van der Waals surface area (Å²) in [6.45, 7) is 6.04. The fraction of sp³-hybridized carbons (Fsp3) is 0.211. The van der Waals surface area contributed by atoms with Crippen LogP contribution in [0.2, 0.25) is 0 Å². The van der Waals surface area contributed by atoms with Gasteiger partial charge in [0.15, 0.2) is 5.60 Å². The minimum absolute atomic E-state index is 0.0684. The van der Waals surface area contributed by atoms with E-state index in [-0.39, 0.29) is 5.91 Å². The molecule has 1 unspecified atom stereocenters. The van der Waals surface area contributed by atoms with Crippen molar-refractivity contribution in [3.63, 3.8) is 0 Å². The number of aryl methyl sites for hydroxylation is 1. The first kappa shape index (κ1) is 14.5. The molecule has 3 heteroatoms. The number of benzene rings is 2. The summed E-state index contributed by atoms with van der Waals surface area (Å²) in [5.41, 5.74) is 2.64. The fourth-order valence-electron chi connectivity index (χ4n) is 3.04. The smallest absolute Gasteiger partial charge is 0.268 e. The van der Waals surface area contributed by atoms with Gasteiger partial charge >= 0.3 is 0 Å². The average molecular weight is 293 g/mol. The van der Waals surface area contributed by atoms with Crippen LogP contribution in [0, 0.1) is 6.92 Å². The number of likely N-dealkylation sites (N-methyl/N-ethyl adjacent to an activating group) is 1. The summed E-state index contributed by atoms with van der Waals surface area (Å²) in [5, 5.41) is 0. The second-order valence-corrected chi connectivity index (χ2v) is 5.53. The molecule has 1 aliphatic rings. The maximum absolute atomic E-state index is 13.1. The number of amides is 1. The van der Waals surface area contributed by atoms with E-state index in [2.05, 4.69) is 6.58 Å². The van der Waals surface area contributed by atoms with Gasteiger partial charge in [-0.25, -0.2) is 0 Å². The van der Waals surface area contributed by atoms with Crippen LogP contribution >= 0.6 is 0 Å². The van der Waals surface area contributed by atoms with Crippen LogP contribution in [0.1, 0.15) is 16.7 Å². The third kappa shape index (κ3) is 1.97. The molecule has 0 N–H and O–H groups in total. The average Bonchev–Trinajstić information content (AvgIpc) is 2.75. The lowest BCUT2D eigenvalue weighted by atomic mass is 9.86. The van der Waals surface area contributed by atoms with Crippen LogP contribution < -0.4 is 4.90 Å². The van der Waals surface area contributed by atoms with Gasteiger partial charge in [-0.05, 0) is 18.6 Å². The third-order valence-corrected chi connectivity index (χ3v) is 4.10. The van der Waals surface area contributed by atoms with Gasteiger partial charge in [-0.2, -0.15) is 0 Å². The number of fused-ring (bicyclic) bond motifs is 1. The molecule has 0 saturated carbocycles. The SMILES string of the molecule is C=CCOC1(c2ccccc2)C(=O)N(C)c2ccc(C)cc21. The molecular formula is C19H19NO2. The van der Waals surface area contributed by atoms with E-state index in [1.165, 1.54) is 0 Å². The Hall–Kier alpha value is -2.39. The van der Waals surface area contributed by atoms with E-state index in [1.807, 2.05) is 55.5 Å². The van der Waals surface area contributed by atoms with Crippen molar-refractivity contribution in [3.05, 3.63) is 77.9 Å². The van der Waals surface area contributed by atoms with Crippen LogP contribution in [0.3, 0.4) is 0 Å². The van der Waals surface area contributed by atoms with E-state index >= 15 is 0 Å². The van der Waals surface area contributed by atoms with Gasteiger partial charge in [-0.3, -0.25) is 4.79 Å². The van der Waals surface area contributed by atoms with E-state index in [4.69, 9.17) is 4.74 Å². The number of ether oxygens (including phenoxy) is 1. The lowest BCUT2D eigenvalue weighted by Crippen LogP contribution is -2.42. The van der Waals surface area contributed by atoms with Gasteiger partial charge in [0.1, 0.15) is 0 Å². The molecule has 0 radical (unpaired) electrons. The summed E-state index contributed by atoms with van der Waals surface area (Å²) in [5.74, 6) is -0.0684. The predicted molar refractivity (Wildman–Crippen MR) is 88.0 cm³/mol. The number of hydrogen-bond acceptors (Lipinski definition) is 2. The Morgan fingerprint density at radius 1 is 1.23 bits per heavy atom. The van der Waals surface area contributed by atoms with Crippen molar-refractivity contribution in [1.82, 2.24) is 0 Å². The molecule has 1 aliphatic heterocycles. The minimum Gasteiger partial charge on any atom is -0.352 e. The standard InChI is InChI=1S/C19H19NO2/c1-4-12-22-19(15-8-6-5-7-9-15)16-13-14(2)10-11-17(16)20(3)18(19)21/h4-11,13H,1,12H2,2-3H3. The monoisotopic (exact) mass is 293 g/mol. The molecule has 1 amide bonds. The Morgan fingerprint density at radius 2 is 1.95 bits per heavy atom. The zero-order chi connectivity index (χ0) is 15.7. The topological polar surface area (TPSA) is 29.5 Å². The number of anilines is 1. The highest BCUT2D eigenvalue weighted by molar-refractivity contribution is 6.09. The molecule has 0 saturated heterocycles. The molecule has 0 fully saturated rings. The van der Waals surface area contributed by atoms with Crippen molar-refractivity contribution < 1.29 is 9.53 Å². The lowest BCUT2D eigenvalue weighted by Gasteiger charge is -2.28. The van der Waals surface area contributed by atoms with Crippen LogP contribution in [0.25, 0.3) is 0 Å². The van der Waals surface area contributed by atoms with Crippen molar-refractivity contribution >= 4 is 11.6 Å². The molecule has 0 aromatic heterocycles. The highest BCUT2D eigenvalue weighted by Crippen LogP contribution is 2.46. The molecule has 1 heterocycles. The van der Waals surface area contributed by atoms with E-state index in [0.717, 1.165) is 22.4 Å². The largest absolute Gasteiger partial charge is 0.352 e. The zero-order valence-electron chi connectivity index (χ0n) is 12.9. The Kier molecular flexibility index (Phi) is 3.59. The molecule has 2 aromatic carbocycles. The molecule has 3 nitrogen and oxygen atoms in total. The van der Waals surface area contributed by atoms with Gasteiger partial charge < -0.3 is 9.64 Å². The second-order valence-electron chi connectivity index (χ2n) is 5.53. The van der Waals surface area contributed by atoms with E-state index in [0.29, 0.717) is 6.61 Å². The summed E-state index contributed by atoms with van der Waals surface area (Å²) in [4.78, 5) is 14.7. The quantitative estimate of drug-likeness (QED) is 0.808. The number of carbonyl (C=O) groups is 1. The number of nitrogens with zero attached hydrogens (tertiary/aromatic N) is 1. The molecule has 0 aliphatic carbocycles. The van der Waals surface area contributed by atoms with Crippen molar-refractivity contribution in [2.24, 2.45) is 0 Å². The summed E-state index contributed by atoms with van der Waals surface area (Å²) in [6, 6.07) is 15.7. The normalized spacial score (nSPS) is 20.1. The van der Waals surface area contributed by atoms with E-state index in [1.54, 1.807) is 18.0 Å². The van der Waals surface area contributed by atoms with Crippen LogP contribution in [-0.2, 0) is 15.1 Å². The number of carbonyl (C=O) groups excluding carboxylic acids is 1. The van der Waals surface area contributed by atoms with Gasteiger partial charge in [0.25, 0.3) is 5.91 Å². The van der Waals surface area contributed by atoms with Crippen molar-refractivity contribution in [3.8, 4) is 0 Å². The van der Waals surface area contributed by atoms with Gasteiger partial charge in [0, 0.05) is 12.6 Å². The summed E-state index contributed by atoms with van der Waals surface area (Å²) in [7, 11) is 1.79. The molecule has 22 heavy (non-hydrogen) atoms. The fourth-order valence-corrected chi connectivity index (χ4v) is 3.04. The third-order valence-electron chi connectivity index (χ3n) is 4.10. The van der Waals surface area contributed by atoms with Crippen molar-refractivity contribution in [2.75, 3.05) is 18.6 Å². The second kappa shape index (κ2) is 5.43. The lowest BCUT2D eigenvalue weighted by molar-refractivity contribution is -0.136. The molecule has 0 spiro atoms. The molecule has 2 aromatic rings. The van der Waals surface area contributed by atoms with Gasteiger partial charge in [0.2, 0.25) is 0 Å². The zero-order valence-corrected chi connectivity index (χ0v) is 12.9. The van der Waals surface area contributed by atoms with Gasteiger partial charge in [-0.1, -0.05) is 54.1 Å². The first-order valence-electron chi connectivity index (χ1n) is 7.31. The maximum atomic E-state index is 13.1. The predicted octanol–water partition coefficient (Wildman–Crippen LogP) is 3.42. The van der Waals surface area contributed by atoms with Crippen LogP contribution in [0.4, 0.5) is 5.69 Å². The Labute approximate surface area is 130 Å². The number of rotatable bonds is 4. The number of hydrogen-bond donors (Lipinski definition) is 0. The Bertz CT molecular complexity index is 723. The highest BCUT2D eigenvalue weighted by atomic mass is 16.5. The molecule has 3 rings (SSSR count). The van der Waals surface area contributed by atoms with Gasteiger partial charge in [-0.15, -0.1) is 6.58 Å². The maximum Gasteiger partial charge on any atom is 0.268 e. The Balaban J connectivity index is 2.28. The van der Waals surface area contributed by atoms with E-state index in [9.17, 15) is 4.79 Å². The molecule has 1 atom stereocenters. The first-order chi connectivity index (χ1) is 10.6. The van der Waals surface area contributed by atoms with Crippen LogP contribution in [0.5, 0.6) is 0 Å². The summed E-state index contributed by atoms with van der Waals surface area (Å²) < 4.78 is 6.08. The van der Waals surface area contributed by atoms with Crippen molar-refractivity contribution in [2.45, 2.75) is 12.5 Å².